The molecule has 0 rings (SSSR count). The van der Waals surface area contributed by atoms with Crippen molar-refractivity contribution in [3.8, 4) is 0 Å². The van der Waals surface area contributed by atoms with Crippen LogP contribution in [0.5, 0.6) is 0 Å². The Labute approximate surface area is 91.9 Å². The predicted molar refractivity (Wildman–Crippen MR) is 52.7 cm³/mol. The molecule has 0 aliphatic heterocycles. The molecule has 6 heteroatoms. The van der Waals surface area contributed by atoms with E-state index in [-0.39, 0.29) is 18.4 Å². The monoisotopic (exact) mass is 228 g/mol. The molecule has 0 aliphatic carbocycles. The van der Waals surface area contributed by atoms with Gasteiger partial charge in [0.1, 0.15) is 0 Å². The van der Waals surface area contributed by atoms with E-state index >= 15 is 0 Å². The molecule has 0 fully saturated rings. The van der Waals surface area contributed by atoms with Gasteiger partial charge in [0.2, 0.25) is 11.6 Å². The van der Waals surface area contributed by atoms with Crippen molar-refractivity contribution >= 4 is 23.5 Å². The Morgan fingerprint density at radius 1 is 1.19 bits per heavy atom. The van der Waals surface area contributed by atoms with Crippen LogP contribution in [0.25, 0.3) is 0 Å². The SMILES string of the molecule is C=C(C)C(=O)C(=O)COC(=O)CCC(=O)O. The average molecular weight is 228 g/mol. The van der Waals surface area contributed by atoms with E-state index in [1.807, 2.05) is 0 Å². The normalized spacial score (nSPS) is 9.31. The minimum Gasteiger partial charge on any atom is -0.481 e. The van der Waals surface area contributed by atoms with Crippen LogP contribution in [0.2, 0.25) is 0 Å². The lowest BCUT2D eigenvalue weighted by Gasteiger charge is -2.02. The van der Waals surface area contributed by atoms with E-state index in [9.17, 15) is 19.2 Å². The van der Waals surface area contributed by atoms with Gasteiger partial charge in [0, 0.05) is 0 Å². The lowest BCUT2D eigenvalue weighted by Crippen LogP contribution is -2.22. The van der Waals surface area contributed by atoms with Gasteiger partial charge in [0.25, 0.3) is 0 Å². The minimum absolute atomic E-state index is 0.0617. The van der Waals surface area contributed by atoms with Crippen LogP contribution in [0.4, 0.5) is 0 Å². The fourth-order valence-corrected chi connectivity index (χ4v) is 0.731. The van der Waals surface area contributed by atoms with E-state index < -0.39 is 30.1 Å². The molecule has 88 valence electrons. The molecule has 0 aromatic heterocycles. The number of carbonyl (C=O) groups excluding carboxylic acids is 3. The molecule has 0 aromatic rings. The largest absolute Gasteiger partial charge is 0.481 e. The number of Topliss-reactive ketones (excluding diaryl/α,β-unsaturated/α-hetero) is 2. The maximum Gasteiger partial charge on any atom is 0.306 e. The fraction of sp³-hybridized carbons (Fsp3) is 0.400. The van der Waals surface area contributed by atoms with Crippen LogP contribution in [-0.2, 0) is 23.9 Å². The molecule has 6 nitrogen and oxygen atoms in total. The van der Waals surface area contributed by atoms with Crippen LogP contribution in [-0.4, -0.2) is 35.2 Å². The first kappa shape index (κ1) is 14.0. The summed E-state index contributed by atoms with van der Waals surface area (Å²) in [4.78, 5) is 43.0. The summed E-state index contributed by atoms with van der Waals surface area (Å²) in [5.41, 5.74) is 0.0617. The molecule has 1 N–H and O–H groups in total. The zero-order valence-corrected chi connectivity index (χ0v) is 8.82. The Morgan fingerprint density at radius 2 is 1.75 bits per heavy atom. The first-order valence-electron chi connectivity index (χ1n) is 4.45. The van der Waals surface area contributed by atoms with Crippen molar-refractivity contribution < 1.29 is 29.0 Å². The third kappa shape index (κ3) is 5.69. The van der Waals surface area contributed by atoms with Gasteiger partial charge >= 0.3 is 11.9 Å². The van der Waals surface area contributed by atoms with Crippen molar-refractivity contribution in [2.45, 2.75) is 19.8 Å². The molecule has 0 amide bonds. The number of hydrogen-bond donors (Lipinski definition) is 1. The van der Waals surface area contributed by atoms with Crippen LogP contribution in [0.15, 0.2) is 12.2 Å². The molecule has 0 aromatic carbocycles. The number of ether oxygens (including phenoxy) is 1. The van der Waals surface area contributed by atoms with Crippen molar-refractivity contribution in [1.29, 1.82) is 0 Å². The maximum atomic E-state index is 11.0. The number of carbonyl (C=O) groups is 4. The molecule has 0 saturated heterocycles. The number of carboxylic acids is 1. The topological polar surface area (TPSA) is 97.7 Å². The molecule has 16 heavy (non-hydrogen) atoms. The van der Waals surface area contributed by atoms with E-state index in [1.165, 1.54) is 6.92 Å². The van der Waals surface area contributed by atoms with Gasteiger partial charge in [0.05, 0.1) is 12.8 Å². The molecule has 0 saturated carbocycles. The zero-order valence-electron chi connectivity index (χ0n) is 8.82. The lowest BCUT2D eigenvalue weighted by atomic mass is 10.1. The molecule has 0 bridgehead atoms. The number of allylic oxidation sites excluding steroid dienone is 1. The Balaban J connectivity index is 3.93. The van der Waals surface area contributed by atoms with E-state index in [0.717, 1.165) is 0 Å². The minimum atomic E-state index is -1.14. The summed E-state index contributed by atoms with van der Waals surface area (Å²) in [6, 6.07) is 0. The quantitative estimate of drug-likeness (QED) is 0.377. The zero-order chi connectivity index (χ0) is 12.7. The highest BCUT2D eigenvalue weighted by Gasteiger charge is 2.16. The predicted octanol–water partition coefficient (Wildman–Crippen LogP) is 0.109. The Kier molecular flexibility index (Phi) is 5.69. The standard InChI is InChI=1S/C10H12O6/c1-6(2)10(15)7(11)5-16-9(14)4-3-8(12)13/h1,3-5H2,2H3,(H,12,13). The second kappa shape index (κ2) is 6.49. The van der Waals surface area contributed by atoms with E-state index in [1.54, 1.807) is 0 Å². The Hall–Kier alpha value is -1.98. The molecule has 0 radical (unpaired) electrons. The van der Waals surface area contributed by atoms with Gasteiger partial charge in [-0.1, -0.05) is 6.58 Å². The molecular formula is C10H12O6. The molecule has 0 unspecified atom stereocenters. The third-order valence-electron chi connectivity index (χ3n) is 1.55. The number of aliphatic carboxylic acids is 1. The second-order valence-corrected chi connectivity index (χ2v) is 3.09. The smallest absolute Gasteiger partial charge is 0.306 e. The number of hydrogen-bond acceptors (Lipinski definition) is 5. The van der Waals surface area contributed by atoms with Gasteiger partial charge in [-0.15, -0.1) is 0 Å². The number of carboxylic acid groups (broad SMARTS) is 1. The summed E-state index contributed by atoms with van der Waals surface area (Å²) >= 11 is 0. The van der Waals surface area contributed by atoms with Crippen LogP contribution >= 0.6 is 0 Å². The Morgan fingerprint density at radius 3 is 2.19 bits per heavy atom. The van der Waals surface area contributed by atoms with Crippen LogP contribution in [0, 0.1) is 0 Å². The van der Waals surface area contributed by atoms with Crippen LogP contribution in [0.3, 0.4) is 0 Å². The number of rotatable bonds is 7. The van der Waals surface area contributed by atoms with Gasteiger partial charge < -0.3 is 9.84 Å². The third-order valence-corrected chi connectivity index (χ3v) is 1.55. The van der Waals surface area contributed by atoms with Crippen LogP contribution < -0.4 is 0 Å². The van der Waals surface area contributed by atoms with Crippen LogP contribution in [0.1, 0.15) is 19.8 Å². The molecule has 0 spiro atoms. The molecular weight excluding hydrogens is 216 g/mol. The van der Waals surface area contributed by atoms with Crippen molar-refractivity contribution in [3.05, 3.63) is 12.2 Å². The molecule has 0 aliphatic rings. The molecule has 0 heterocycles. The maximum absolute atomic E-state index is 11.0. The van der Waals surface area contributed by atoms with Crippen molar-refractivity contribution in [2.24, 2.45) is 0 Å². The van der Waals surface area contributed by atoms with E-state index in [4.69, 9.17) is 5.11 Å². The lowest BCUT2D eigenvalue weighted by molar-refractivity contribution is -0.151. The van der Waals surface area contributed by atoms with Crippen molar-refractivity contribution in [2.75, 3.05) is 6.61 Å². The Bertz CT molecular complexity index is 341. The van der Waals surface area contributed by atoms with Gasteiger partial charge in [-0.25, -0.2) is 0 Å². The highest BCUT2D eigenvalue weighted by atomic mass is 16.5. The fourth-order valence-electron chi connectivity index (χ4n) is 0.731. The summed E-state index contributed by atoms with van der Waals surface area (Å²) < 4.78 is 4.41. The van der Waals surface area contributed by atoms with Gasteiger partial charge in [-0.3, -0.25) is 19.2 Å². The van der Waals surface area contributed by atoms with E-state index in [2.05, 4.69) is 11.3 Å². The first-order valence-corrected chi connectivity index (χ1v) is 4.45. The van der Waals surface area contributed by atoms with Crippen molar-refractivity contribution in [3.63, 3.8) is 0 Å². The van der Waals surface area contributed by atoms with Crippen molar-refractivity contribution in [1.82, 2.24) is 0 Å². The van der Waals surface area contributed by atoms with Gasteiger partial charge in [-0.2, -0.15) is 0 Å². The summed E-state index contributed by atoms with van der Waals surface area (Å²) in [5, 5.41) is 8.26. The van der Waals surface area contributed by atoms with Gasteiger partial charge in [-0.05, 0) is 12.5 Å². The summed E-state index contributed by atoms with van der Waals surface area (Å²) in [6.45, 7) is 3.97. The average Bonchev–Trinajstić information content (AvgIpc) is 2.21. The van der Waals surface area contributed by atoms with Gasteiger partial charge in [0.15, 0.2) is 6.61 Å². The highest BCUT2D eigenvalue weighted by Crippen LogP contribution is 1.96. The number of esters is 1. The second-order valence-electron chi connectivity index (χ2n) is 3.09. The highest BCUT2D eigenvalue weighted by molar-refractivity contribution is 6.43. The molecule has 0 atom stereocenters. The number of ketones is 2. The first-order chi connectivity index (χ1) is 7.34. The summed E-state index contributed by atoms with van der Waals surface area (Å²) in [5.74, 6) is -3.64. The summed E-state index contributed by atoms with van der Waals surface area (Å²) in [7, 11) is 0. The van der Waals surface area contributed by atoms with E-state index in [0.29, 0.717) is 0 Å². The summed E-state index contributed by atoms with van der Waals surface area (Å²) in [6.07, 6.45) is -0.703.